The third-order valence-electron chi connectivity index (χ3n) is 2.80. The average molecular weight is 293 g/mol. The maximum Gasteiger partial charge on any atom is 0.237 e. The minimum absolute atomic E-state index is 0.186. The summed E-state index contributed by atoms with van der Waals surface area (Å²) < 4.78 is 18.7. The second kappa shape index (κ2) is 7.14. The van der Waals surface area contributed by atoms with Gasteiger partial charge in [0, 0.05) is 0 Å². The molecule has 1 N–H and O–H groups in total. The van der Waals surface area contributed by atoms with Gasteiger partial charge in [-0.15, -0.1) is 11.8 Å². The van der Waals surface area contributed by atoms with Gasteiger partial charge in [0.1, 0.15) is 11.6 Å². The maximum atomic E-state index is 13.5. The summed E-state index contributed by atoms with van der Waals surface area (Å²) in [5.74, 6) is 0.837. The molecule has 3 nitrogen and oxygen atoms in total. The summed E-state index contributed by atoms with van der Waals surface area (Å²) in [5, 5.41) is 2.39. The first-order chi connectivity index (χ1) is 9.70. The van der Waals surface area contributed by atoms with Gasteiger partial charge in [-0.25, -0.2) is 4.39 Å². The molecule has 5 heteroatoms. The normalized spacial score (nSPS) is 12.1. The van der Waals surface area contributed by atoms with Gasteiger partial charge >= 0.3 is 0 Å². The summed E-state index contributed by atoms with van der Waals surface area (Å²) in [6.07, 6.45) is 2.28. The second-order valence-electron chi connectivity index (χ2n) is 4.26. The first kappa shape index (κ1) is 14.7. The molecule has 1 aromatic heterocycles. The van der Waals surface area contributed by atoms with Crippen LogP contribution in [0.5, 0.6) is 0 Å². The lowest BCUT2D eigenvalue weighted by atomic mass is 10.2. The van der Waals surface area contributed by atoms with Gasteiger partial charge in [0.05, 0.1) is 23.0 Å². The van der Waals surface area contributed by atoms with E-state index in [1.54, 1.807) is 24.5 Å². The Labute approximate surface area is 121 Å². The molecule has 0 aliphatic carbocycles. The third kappa shape index (κ3) is 3.87. The highest BCUT2D eigenvalue weighted by Gasteiger charge is 2.18. The molecule has 0 spiro atoms. The fourth-order valence-corrected chi connectivity index (χ4v) is 2.71. The van der Waals surface area contributed by atoms with Crippen LogP contribution < -0.4 is 5.32 Å². The van der Waals surface area contributed by atoms with Gasteiger partial charge in [-0.2, -0.15) is 0 Å². The Morgan fingerprint density at radius 3 is 2.80 bits per heavy atom. The quantitative estimate of drug-likeness (QED) is 0.873. The number of para-hydroxylation sites is 1. The van der Waals surface area contributed by atoms with Crippen molar-refractivity contribution in [1.82, 2.24) is 0 Å². The van der Waals surface area contributed by atoms with Crippen LogP contribution in [0.2, 0.25) is 0 Å². The van der Waals surface area contributed by atoms with Crippen LogP contribution in [0.3, 0.4) is 0 Å². The van der Waals surface area contributed by atoms with Crippen LogP contribution in [0.15, 0.2) is 47.1 Å². The molecule has 0 saturated carbocycles. The summed E-state index contributed by atoms with van der Waals surface area (Å²) in [5.41, 5.74) is 0.217. The van der Waals surface area contributed by atoms with Crippen molar-refractivity contribution >= 4 is 23.4 Å². The number of rotatable bonds is 6. The number of hydrogen-bond acceptors (Lipinski definition) is 3. The van der Waals surface area contributed by atoms with E-state index in [-0.39, 0.29) is 16.8 Å². The molecular formula is C15H16FNO2S. The van der Waals surface area contributed by atoms with Crippen LogP contribution in [0.4, 0.5) is 10.1 Å². The zero-order chi connectivity index (χ0) is 14.4. The third-order valence-corrected chi connectivity index (χ3v) is 4.20. The highest BCUT2D eigenvalue weighted by atomic mass is 32.2. The molecule has 0 aliphatic rings. The predicted octanol–water partition coefficient (Wildman–Crippen LogP) is 4.07. The number of furan rings is 1. The van der Waals surface area contributed by atoms with E-state index in [0.29, 0.717) is 12.2 Å². The highest BCUT2D eigenvalue weighted by molar-refractivity contribution is 7.99. The first-order valence-corrected chi connectivity index (χ1v) is 7.45. The van der Waals surface area contributed by atoms with Gasteiger partial charge in [-0.1, -0.05) is 19.1 Å². The number of amides is 1. The fourth-order valence-electron chi connectivity index (χ4n) is 1.73. The number of anilines is 1. The van der Waals surface area contributed by atoms with E-state index in [2.05, 4.69) is 5.32 Å². The van der Waals surface area contributed by atoms with Gasteiger partial charge in [0.15, 0.2) is 0 Å². The van der Waals surface area contributed by atoms with Gasteiger partial charge < -0.3 is 9.73 Å². The Morgan fingerprint density at radius 1 is 1.35 bits per heavy atom. The number of thioether (sulfide) groups is 1. The van der Waals surface area contributed by atoms with Crippen LogP contribution in [-0.4, -0.2) is 11.2 Å². The SMILES string of the molecule is CCC(SCc1ccco1)C(=O)Nc1ccccc1F. The van der Waals surface area contributed by atoms with Crippen LogP contribution in [-0.2, 0) is 10.5 Å². The fraction of sp³-hybridized carbons (Fsp3) is 0.267. The number of halogens is 1. The van der Waals surface area contributed by atoms with Crippen molar-refractivity contribution < 1.29 is 13.6 Å². The van der Waals surface area contributed by atoms with Crippen LogP contribution in [0, 0.1) is 5.82 Å². The topological polar surface area (TPSA) is 42.2 Å². The van der Waals surface area contributed by atoms with E-state index in [0.717, 1.165) is 5.76 Å². The number of carbonyl (C=O) groups is 1. The summed E-state index contributed by atoms with van der Waals surface area (Å²) in [6, 6.07) is 9.85. The molecule has 2 rings (SSSR count). The number of hydrogen-bond donors (Lipinski definition) is 1. The largest absolute Gasteiger partial charge is 0.468 e. The number of carbonyl (C=O) groups excluding carboxylic acids is 1. The zero-order valence-corrected chi connectivity index (χ0v) is 12.0. The van der Waals surface area contributed by atoms with Gasteiger partial charge in [-0.3, -0.25) is 4.79 Å². The maximum absolute atomic E-state index is 13.5. The Balaban J connectivity index is 1.93. The molecular weight excluding hydrogens is 277 g/mol. The zero-order valence-electron chi connectivity index (χ0n) is 11.1. The summed E-state index contributed by atoms with van der Waals surface area (Å²) >= 11 is 1.48. The molecule has 106 valence electrons. The van der Waals surface area contributed by atoms with Crippen LogP contribution >= 0.6 is 11.8 Å². The number of benzene rings is 1. The molecule has 1 unspecified atom stereocenters. The summed E-state index contributed by atoms with van der Waals surface area (Å²) in [4.78, 5) is 12.1. The predicted molar refractivity (Wildman–Crippen MR) is 79.1 cm³/mol. The van der Waals surface area contributed by atoms with E-state index in [9.17, 15) is 9.18 Å². The molecule has 1 heterocycles. The van der Waals surface area contributed by atoms with Crippen molar-refractivity contribution in [3.63, 3.8) is 0 Å². The van der Waals surface area contributed by atoms with Crippen LogP contribution in [0.1, 0.15) is 19.1 Å². The van der Waals surface area contributed by atoms with Crippen molar-refractivity contribution in [2.45, 2.75) is 24.3 Å². The molecule has 0 fully saturated rings. The van der Waals surface area contributed by atoms with Crippen molar-refractivity contribution in [3.05, 3.63) is 54.2 Å². The Bertz CT molecular complexity index is 557. The molecule has 0 radical (unpaired) electrons. The molecule has 0 aliphatic heterocycles. The molecule has 0 bridgehead atoms. The van der Waals surface area contributed by atoms with Gasteiger partial charge in [0.25, 0.3) is 0 Å². The summed E-state index contributed by atoms with van der Waals surface area (Å²) in [7, 11) is 0. The van der Waals surface area contributed by atoms with E-state index >= 15 is 0 Å². The smallest absolute Gasteiger partial charge is 0.237 e. The van der Waals surface area contributed by atoms with Crippen molar-refractivity contribution in [3.8, 4) is 0 Å². The Hall–Kier alpha value is -1.75. The van der Waals surface area contributed by atoms with Crippen molar-refractivity contribution in [2.24, 2.45) is 0 Å². The van der Waals surface area contributed by atoms with Crippen LogP contribution in [0.25, 0.3) is 0 Å². The Morgan fingerprint density at radius 2 is 2.15 bits per heavy atom. The molecule has 20 heavy (non-hydrogen) atoms. The lowest BCUT2D eigenvalue weighted by Gasteiger charge is -2.14. The van der Waals surface area contributed by atoms with Crippen molar-refractivity contribution in [1.29, 1.82) is 0 Å². The molecule has 2 aromatic rings. The van der Waals surface area contributed by atoms with E-state index in [1.165, 1.54) is 17.8 Å². The monoisotopic (exact) mass is 293 g/mol. The minimum atomic E-state index is -0.424. The molecule has 0 saturated heterocycles. The Kier molecular flexibility index (Phi) is 5.24. The average Bonchev–Trinajstić information content (AvgIpc) is 2.95. The van der Waals surface area contributed by atoms with Crippen molar-refractivity contribution in [2.75, 3.05) is 5.32 Å². The second-order valence-corrected chi connectivity index (χ2v) is 5.45. The van der Waals surface area contributed by atoms with E-state index in [1.807, 2.05) is 19.1 Å². The standard InChI is InChI=1S/C15H16FNO2S/c1-2-14(20-10-11-6-5-9-19-11)15(18)17-13-8-4-3-7-12(13)16/h3-9,14H,2,10H2,1H3,(H,17,18). The highest BCUT2D eigenvalue weighted by Crippen LogP contribution is 2.22. The van der Waals surface area contributed by atoms with E-state index < -0.39 is 5.82 Å². The number of nitrogens with one attached hydrogen (secondary N) is 1. The lowest BCUT2D eigenvalue weighted by molar-refractivity contribution is -0.115. The minimum Gasteiger partial charge on any atom is -0.468 e. The first-order valence-electron chi connectivity index (χ1n) is 6.40. The molecule has 1 amide bonds. The van der Waals surface area contributed by atoms with Gasteiger partial charge in [0.2, 0.25) is 5.91 Å². The lowest BCUT2D eigenvalue weighted by Crippen LogP contribution is -2.25. The molecule has 1 aromatic carbocycles. The van der Waals surface area contributed by atoms with E-state index in [4.69, 9.17) is 4.42 Å². The summed E-state index contributed by atoms with van der Waals surface area (Å²) in [6.45, 7) is 1.93. The van der Waals surface area contributed by atoms with Gasteiger partial charge in [-0.05, 0) is 30.7 Å². The molecule has 1 atom stereocenters.